The molecule has 0 unspecified atom stereocenters. The Bertz CT molecular complexity index is 672. The van der Waals surface area contributed by atoms with Crippen molar-refractivity contribution in [3.8, 4) is 11.5 Å². The molecule has 1 fully saturated rings. The van der Waals surface area contributed by atoms with Crippen LogP contribution < -0.4 is 14.8 Å². The molecule has 1 saturated heterocycles. The Morgan fingerprint density at radius 2 is 1.85 bits per heavy atom. The number of benzene rings is 2. The second-order valence-electron chi connectivity index (χ2n) is 6.50. The molecule has 2 aromatic carbocycles. The summed E-state index contributed by atoms with van der Waals surface area (Å²) in [6.07, 6.45) is 0.713. The van der Waals surface area contributed by atoms with Crippen LogP contribution in [-0.2, 0) is 6.61 Å². The van der Waals surface area contributed by atoms with Crippen LogP contribution in [0.5, 0.6) is 11.5 Å². The summed E-state index contributed by atoms with van der Waals surface area (Å²) in [5, 5.41) is 12.9. The molecular weight excluding hydrogens is 328 g/mol. The van der Waals surface area contributed by atoms with Crippen LogP contribution in [0.3, 0.4) is 0 Å². The van der Waals surface area contributed by atoms with E-state index in [1.807, 2.05) is 36.4 Å². The zero-order chi connectivity index (χ0) is 18.2. The molecule has 0 bridgehead atoms. The normalized spacial score (nSPS) is 16.2. The maximum absolute atomic E-state index is 9.55. The van der Waals surface area contributed by atoms with Crippen molar-refractivity contribution in [1.82, 2.24) is 10.2 Å². The van der Waals surface area contributed by atoms with Gasteiger partial charge in [0.05, 0.1) is 7.11 Å². The highest BCUT2D eigenvalue weighted by Crippen LogP contribution is 2.34. The second kappa shape index (κ2) is 9.57. The Morgan fingerprint density at radius 1 is 1.08 bits per heavy atom. The maximum Gasteiger partial charge on any atom is 0.161 e. The fourth-order valence-electron chi connectivity index (χ4n) is 3.42. The molecular formula is C21H28N2O3. The van der Waals surface area contributed by atoms with Gasteiger partial charge in [0, 0.05) is 38.8 Å². The quantitative estimate of drug-likeness (QED) is 0.761. The van der Waals surface area contributed by atoms with Crippen LogP contribution in [0.15, 0.2) is 48.5 Å². The summed E-state index contributed by atoms with van der Waals surface area (Å²) < 4.78 is 11.5. The van der Waals surface area contributed by atoms with Crippen LogP contribution in [0.4, 0.5) is 0 Å². The lowest BCUT2D eigenvalue weighted by Gasteiger charge is -2.35. The van der Waals surface area contributed by atoms with Crippen LogP contribution in [0.25, 0.3) is 0 Å². The van der Waals surface area contributed by atoms with Gasteiger partial charge in [0.15, 0.2) is 11.5 Å². The standard InChI is InChI=1S/C21H28N2O3/c1-25-20-8-7-18(19(9-14-24)23-12-10-22-11-13-23)15-21(20)26-16-17-5-3-2-4-6-17/h2-8,15,19,22,24H,9-14,16H2,1H3/t19-/m0/s1. The third kappa shape index (κ3) is 4.75. The van der Waals surface area contributed by atoms with Crippen molar-refractivity contribution in [3.05, 3.63) is 59.7 Å². The summed E-state index contributed by atoms with van der Waals surface area (Å²) in [6, 6.07) is 16.4. The number of piperazine rings is 1. The van der Waals surface area contributed by atoms with Crippen LogP contribution >= 0.6 is 0 Å². The molecule has 1 atom stereocenters. The van der Waals surface area contributed by atoms with Crippen LogP contribution in [0.1, 0.15) is 23.6 Å². The molecule has 0 aliphatic carbocycles. The molecule has 0 saturated carbocycles. The molecule has 1 heterocycles. The van der Waals surface area contributed by atoms with Crippen molar-refractivity contribution in [2.24, 2.45) is 0 Å². The summed E-state index contributed by atoms with van der Waals surface area (Å²) >= 11 is 0. The number of hydrogen-bond donors (Lipinski definition) is 2. The average molecular weight is 356 g/mol. The highest BCUT2D eigenvalue weighted by atomic mass is 16.5. The molecule has 26 heavy (non-hydrogen) atoms. The largest absolute Gasteiger partial charge is 0.493 e. The number of nitrogens with zero attached hydrogens (tertiary/aromatic N) is 1. The van der Waals surface area contributed by atoms with E-state index in [2.05, 4.69) is 22.3 Å². The van der Waals surface area contributed by atoms with Gasteiger partial charge in [0.2, 0.25) is 0 Å². The van der Waals surface area contributed by atoms with Crippen LogP contribution in [0.2, 0.25) is 0 Å². The lowest BCUT2D eigenvalue weighted by atomic mass is 10.0. The van der Waals surface area contributed by atoms with Crippen molar-refractivity contribution in [2.45, 2.75) is 19.1 Å². The van der Waals surface area contributed by atoms with Gasteiger partial charge in [-0.15, -0.1) is 0 Å². The van der Waals surface area contributed by atoms with E-state index in [9.17, 15) is 5.11 Å². The molecule has 140 valence electrons. The van der Waals surface area contributed by atoms with Gasteiger partial charge in [-0.1, -0.05) is 36.4 Å². The molecule has 0 spiro atoms. The predicted octanol–water partition coefficient (Wildman–Crippen LogP) is 2.60. The first kappa shape index (κ1) is 18.7. The van der Waals surface area contributed by atoms with E-state index in [-0.39, 0.29) is 12.6 Å². The third-order valence-electron chi connectivity index (χ3n) is 4.80. The number of rotatable bonds is 8. The highest BCUT2D eigenvalue weighted by molar-refractivity contribution is 5.44. The van der Waals surface area contributed by atoms with Crippen molar-refractivity contribution in [1.29, 1.82) is 0 Å². The van der Waals surface area contributed by atoms with E-state index in [1.54, 1.807) is 7.11 Å². The van der Waals surface area contributed by atoms with Crippen molar-refractivity contribution < 1.29 is 14.6 Å². The topological polar surface area (TPSA) is 54.0 Å². The molecule has 0 radical (unpaired) electrons. The monoisotopic (exact) mass is 356 g/mol. The molecule has 2 aromatic rings. The molecule has 5 nitrogen and oxygen atoms in total. The minimum Gasteiger partial charge on any atom is -0.493 e. The first-order valence-corrected chi connectivity index (χ1v) is 9.22. The average Bonchev–Trinajstić information content (AvgIpc) is 2.71. The van der Waals surface area contributed by atoms with Crippen molar-refractivity contribution >= 4 is 0 Å². The minimum atomic E-state index is 0.167. The Hall–Kier alpha value is -2.08. The Labute approximate surface area is 155 Å². The fraction of sp³-hybridized carbons (Fsp3) is 0.429. The Kier molecular flexibility index (Phi) is 6.89. The SMILES string of the molecule is COc1ccc([C@H](CCO)N2CCNCC2)cc1OCc1ccccc1. The van der Waals surface area contributed by atoms with Gasteiger partial charge in [-0.25, -0.2) is 0 Å². The summed E-state index contributed by atoms with van der Waals surface area (Å²) in [4.78, 5) is 2.43. The van der Waals surface area contributed by atoms with Gasteiger partial charge in [0.25, 0.3) is 0 Å². The second-order valence-corrected chi connectivity index (χ2v) is 6.50. The van der Waals surface area contributed by atoms with E-state index in [4.69, 9.17) is 9.47 Å². The van der Waals surface area contributed by atoms with Crippen molar-refractivity contribution in [2.75, 3.05) is 39.9 Å². The highest BCUT2D eigenvalue weighted by Gasteiger charge is 2.23. The lowest BCUT2D eigenvalue weighted by Crippen LogP contribution is -2.45. The molecule has 3 rings (SSSR count). The van der Waals surface area contributed by atoms with Gasteiger partial charge < -0.3 is 19.9 Å². The number of hydrogen-bond acceptors (Lipinski definition) is 5. The molecule has 2 N–H and O–H groups in total. The Morgan fingerprint density at radius 3 is 2.54 bits per heavy atom. The number of aliphatic hydroxyl groups excluding tert-OH is 1. The summed E-state index contributed by atoms with van der Waals surface area (Å²) in [5.41, 5.74) is 2.28. The fourth-order valence-corrected chi connectivity index (χ4v) is 3.42. The Balaban J connectivity index is 1.79. The zero-order valence-corrected chi connectivity index (χ0v) is 15.4. The summed E-state index contributed by atoms with van der Waals surface area (Å²) in [5.74, 6) is 1.47. The molecule has 0 amide bonds. The van der Waals surface area contributed by atoms with E-state index in [0.29, 0.717) is 13.0 Å². The zero-order valence-electron chi connectivity index (χ0n) is 15.4. The number of ether oxygens (including phenoxy) is 2. The van der Waals surface area contributed by atoms with E-state index >= 15 is 0 Å². The first-order chi connectivity index (χ1) is 12.8. The third-order valence-corrected chi connectivity index (χ3v) is 4.80. The first-order valence-electron chi connectivity index (χ1n) is 9.22. The molecule has 0 aromatic heterocycles. The van der Waals surface area contributed by atoms with Gasteiger partial charge in [-0.3, -0.25) is 4.90 Å². The molecule has 1 aliphatic heterocycles. The van der Waals surface area contributed by atoms with Gasteiger partial charge in [-0.05, 0) is 29.7 Å². The molecule has 5 heteroatoms. The van der Waals surface area contributed by atoms with E-state index in [1.165, 1.54) is 0 Å². The smallest absolute Gasteiger partial charge is 0.161 e. The van der Waals surface area contributed by atoms with E-state index in [0.717, 1.165) is 48.8 Å². The van der Waals surface area contributed by atoms with Gasteiger partial charge >= 0.3 is 0 Å². The lowest BCUT2D eigenvalue weighted by molar-refractivity contribution is 0.140. The molecule has 1 aliphatic rings. The van der Waals surface area contributed by atoms with Crippen LogP contribution in [0, 0.1) is 0 Å². The van der Waals surface area contributed by atoms with Gasteiger partial charge in [-0.2, -0.15) is 0 Å². The summed E-state index contributed by atoms with van der Waals surface area (Å²) in [7, 11) is 1.66. The van der Waals surface area contributed by atoms with E-state index < -0.39 is 0 Å². The number of aliphatic hydroxyl groups is 1. The maximum atomic E-state index is 9.55. The van der Waals surface area contributed by atoms with Gasteiger partial charge in [0.1, 0.15) is 6.61 Å². The number of nitrogens with one attached hydrogen (secondary N) is 1. The van der Waals surface area contributed by atoms with Crippen molar-refractivity contribution in [3.63, 3.8) is 0 Å². The predicted molar refractivity (Wildman–Crippen MR) is 103 cm³/mol. The summed E-state index contributed by atoms with van der Waals surface area (Å²) in [6.45, 7) is 4.60. The number of methoxy groups -OCH3 is 1. The van der Waals surface area contributed by atoms with Crippen LogP contribution in [-0.4, -0.2) is 49.9 Å². The minimum absolute atomic E-state index is 0.167.